The third kappa shape index (κ3) is 4.13. The second-order valence-corrected chi connectivity index (χ2v) is 9.45. The lowest BCUT2D eigenvalue weighted by molar-refractivity contribution is -1.03. The van der Waals surface area contributed by atoms with Gasteiger partial charge in [-0.25, -0.2) is 4.68 Å². The zero-order valence-electron chi connectivity index (χ0n) is 16.8. The van der Waals surface area contributed by atoms with Gasteiger partial charge in [0.05, 0.1) is 12.6 Å². The first-order valence-electron chi connectivity index (χ1n) is 10.9. The van der Waals surface area contributed by atoms with Crippen LogP contribution in [0, 0.1) is 0 Å². The minimum Gasteiger partial charge on any atom is -0.323 e. The molecule has 2 N–H and O–H groups in total. The van der Waals surface area contributed by atoms with Crippen molar-refractivity contribution in [3.8, 4) is 0 Å². The highest BCUT2D eigenvalue weighted by molar-refractivity contribution is 7.09. The van der Waals surface area contributed by atoms with E-state index >= 15 is 0 Å². The molecule has 0 bridgehead atoms. The van der Waals surface area contributed by atoms with Crippen LogP contribution in [-0.2, 0) is 6.54 Å². The van der Waals surface area contributed by atoms with E-state index < -0.39 is 0 Å². The summed E-state index contributed by atoms with van der Waals surface area (Å²) in [5.41, 5.74) is 1.31. The summed E-state index contributed by atoms with van der Waals surface area (Å²) in [6.07, 6.45) is 5.70. The zero-order chi connectivity index (χ0) is 19.5. The number of piperazine rings is 1. The molecule has 5 rings (SSSR count). The highest BCUT2D eigenvalue weighted by Gasteiger charge is 2.37. The minimum absolute atomic E-state index is 0.191. The summed E-state index contributed by atoms with van der Waals surface area (Å²) >= 11 is 1.76. The van der Waals surface area contributed by atoms with E-state index in [1.54, 1.807) is 16.2 Å². The maximum Gasteiger partial charge on any atom is 0.214 e. The number of aromatic nitrogens is 4. The maximum atomic E-state index is 4.52. The van der Waals surface area contributed by atoms with Crippen molar-refractivity contribution in [2.45, 2.75) is 44.3 Å². The number of rotatable bonds is 6. The van der Waals surface area contributed by atoms with Gasteiger partial charge in [-0.15, -0.1) is 16.4 Å². The largest absolute Gasteiger partial charge is 0.323 e. The molecule has 3 heterocycles. The minimum atomic E-state index is 0.191. The Morgan fingerprint density at radius 1 is 1.00 bits per heavy atom. The summed E-state index contributed by atoms with van der Waals surface area (Å²) in [5.74, 6) is 0.990. The number of hydrogen-bond acceptors (Lipinski definition) is 4. The van der Waals surface area contributed by atoms with Crippen LogP contribution >= 0.6 is 11.3 Å². The molecule has 1 aliphatic carbocycles. The fraction of sp³-hybridized carbons (Fsp3) is 0.500. The van der Waals surface area contributed by atoms with Crippen LogP contribution in [0.2, 0.25) is 0 Å². The average molecular weight is 411 g/mol. The SMILES string of the molecule is c1ccc([C@@H](c2nnnn2Cc2cccs2)[NH+]2CC[NH+](C3CCCC3)CC2)cc1. The van der Waals surface area contributed by atoms with Crippen LogP contribution in [0.15, 0.2) is 47.8 Å². The first-order valence-corrected chi connectivity index (χ1v) is 11.8. The number of thiophene rings is 1. The Kier molecular flexibility index (Phi) is 5.69. The Morgan fingerprint density at radius 2 is 1.79 bits per heavy atom. The van der Waals surface area contributed by atoms with Crippen molar-refractivity contribution >= 4 is 11.3 Å². The van der Waals surface area contributed by atoms with Crippen LogP contribution in [0.25, 0.3) is 0 Å². The normalized spacial score (nSPS) is 24.0. The number of quaternary nitrogens is 2. The van der Waals surface area contributed by atoms with E-state index in [0.29, 0.717) is 0 Å². The molecule has 2 aliphatic rings. The van der Waals surface area contributed by atoms with Gasteiger partial charge in [0.15, 0.2) is 6.04 Å². The van der Waals surface area contributed by atoms with E-state index in [2.05, 4.69) is 63.4 Å². The first kappa shape index (κ1) is 18.9. The molecular weight excluding hydrogens is 380 g/mol. The second kappa shape index (κ2) is 8.73. The molecule has 0 spiro atoms. The van der Waals surface area contributed by atoms with Gasteiger partial charge >= 0.3 is 0 Å². The van der Waals surface area contributed by atoms with E-state index in [1.807, 2.05) is 9.58 Å². The topological polar surface area (TPSA) is 52.5 Å². The van der Waals surface area contributed by atoms with Crippen molar-refractivity contribution in [2.24, 2.45) is 0 Å². The van der Waals surface area contributed by atoms with Gasteiger partial charge in [0, 0.05) is 10.4 Å². The summed E-state index contributed by atoms with van der Waals surface area (Å²) in [5, 5.41) is 15.1. The molecule has 2 aromatic heterocycles. The molecule has 6 nitrogen and oxygen atoms in total. The molecule has 0 unspecified atom stereocenters. The lowest BCUT2D eigenvalue weighted by atomic mass is 10.0. The fourth-order valence-electron chi connectivity index (χ4n) is 5.22. The fourth-order valence-corrected chi connectivity index (χ4v) is 5.90. The molecule has 29 heavy (non-hydrogen) atoms. The standard InChI is InChI=1S/C22H28N6S/c1-2-7-18(8-3-1)21(22-23-24-25-28(22)17-20-11-6-16-29-20)27-14-12-26(13-15-27)19-9-4-5-10-19/h1-3,6-8,11,16,19,21H,4-5,9-10,12-15,17H2/p+2/t21-/m0/s1. The number of nitrogens with zero attached hydrogens (tertiary/aromatic N) is 4. The Morgan fingerprint density at radius 3 is 2.52 bits per heavy atom. The molecule has 0 radical (unpaired) electrons. The molecule has 1 aliphatic heterocycles. The van der Waals surface area contributed by atoms with Gasteiger partial charge in [0.1, 0.15) is 26.2 Å². The van der Waals surface area contributed by atoms with Crippen molar-refractivity contribution in [3.05, 3.63) is 64.1 Å². The molecule has 1 atom stereocenters. The van der Waals surface area contributed by atoms with Gasteiger partial charge in [-0.1, -0.05) is 36.4 Å². The quantitative estimate of drug-likeness (QED) is 0.626. The van der Waals surface area contributed by atoms with Crippen LogP contribution in [0.3, 0.4) is 0 Å². The van der Waals surface area contributed by atoms with E-state index in [4.69, 9.17) is 0 Å². The van der Waals surface area contributed by atoms with E-state index in [1.165, 1.54) is 62.3 Å². The monoisotopic (exact) mass is 410 g/mol. The maximum absolute atomic E-state index is 4.52. The third-order valence-electron chi connectivity index (χ3n) is 6.71. The third-order valence-corrected chi connectivity index (χ3v) is 7.57. The molecule has 0 amide bonds. The van der Waals surface area contributed by atoms with Gasteiger partial charge in [0.25, 0.3) is 0 Å². The predicted molar refractivity (Wildman–Crippen MR) is 113 cm³/mol. The molecule has 1 saturated carbocycles. The lowest BCUT2D eigenvalue weighted by Gasteiger charge is -2.36. The Hall–Kier alpha value is -2.09. The second-order valence-electron chi connectivity index (χ2n) is 8.42. The van der Waals surface area contributed by atoms with E-state index in [-0.39, 0.29) is 6.04 Å². The van der Waals surface area contributed by atoms with E-state index in [0.717, 1.165) is 18.4 Å². The average Bonchev–Trinajstić information content (AvgIpc) is 3.54. The number of nitrogens with one attached hydrogen (secondary N) is 2. The van der Waals surface area contributed by atoms with Gasteiger partial charge in [0.2, 0.25) is 5.82 Å². The first-order chi connectivity index (χ1) is 14.4. The van der Waals surface area contributed by atoms with Gasteiger partial charge in [-0.2, -0.15) is 0 Å². The van der Waals surface area contributed by atoms with Gasteiger partial charge in [-0.05, 0) is 47.6 Å². The predicted octanol–water partition coefficient (Wildman–Crippen LogP) is 0.598. The summed E-state index contributed by atoms with van der Waals surface area (Å²) in [7, 11) is 0. The molecule has 2 fully saturated rings. The Labute approximate surface area is 176 Å². The number of hydrogen-bond donors (Lipinski definition) is 2. The van der Waals surface area contributed by atoms with Crippen molar-refractivity contribution in [2.75, 3.05) is 26.2 Å². The van der Waals surface area contributed by atoms with Crippen molar-refractivity contribution in [1.82, 2.24) is 20.2 Å². The lowest BCUT2D eigenvalue weighted by Crippen LogP contribution is -3.29. The highest BCUT2D eigenvalue weighted by Crippen LogP contribution is 2.19. The van der Waals surface area contributed by atoms with E-state index in [9.17, 15) is 0 Å². The summed E-state index contributed by atoms with van der Waals surface area (Å²) in [6, 6.07) is 16.2. The van der Waals surface area contributed by atoms with Crippen LogP contribution in [0.1, 0.15) is 48.0 Å². The summed E-state index contributed by atoms with van der Waals surface area (Å²) in [4.78, 5) is 4.72. The number of benzene rings is 1. The summed E-state index contributed by atoms with van der Waals surface area (Å²) < 4.78 is 2.01. The van der Waals surface area contributed by atoms with Crippen molar-refractivity contribution in [1.29, 1.82) is 0 Å². The smallest absolute Gasteiger partial charge is 0.214 e. The Balaban J connectivity index is 1.39. The molecule has 3 aromatic rings. The molecule has 1 aromatic carbocycles. The number of tetrazole rings is 1. The summed E-state index contributed by atoms with van der Waals surface area (Å²) in [6.45, 7) is 5.62. The highest BCUT2D eigenvalue weighted by atomic mass is 32.1. The molecular formula is C22H30N6S+2. The van der Waals surface area contributed by atoms with Crippen LogP contribution < -0.4 is 9.80 Å². The van der Waals surface area contributed by atoms with Gasteiger partial charge < -0.3 is 9.80 Å². The molecule has 152 valence electrons. The Bertz CT molecular complexity index is 879. The van der Waals surface area contributed by atoms with Crippen LogP contribution in [0.5, 0.6) is 0 Å². The van der Waals surface area contributed by atoms with Crippen LogP contribution in [0.4, 0.5) is 0 Å². The van der Waals surface area contributed by atoms with Crippen LogP contribution in [-0.4, -0.2) is 52.4 Å². The zero-order valence-corrected chi connectivity index (χ0v) is 17.7. The van der Waals surface area contributed by atoms with Crippen molar-refractivity contribution < 1.29 is 9.80 Å². The van der Waals surface area contributed by atoms with Crippen molar-refractivity contribution in [3.63, 3.8) is 0 Å². The van der Waals surface area contributed by atoms with Gasteiger partial charge in [-0.3, -0.25) is 0 Å². The molecule has 1 saturated heterocycles. The molecule has 7 heteroatoms.